The number of benzene rings is 2. The maximum Gasteiger partial charge on any atom is 0.355 e. The Kier molecular flexibility index (Phi) is 5.65. The lowest BCUT2D eigenvalue weighted by molar-refractivity contribution is -0.141. The summed E-state index contributed by atoms with van der Waals surface area (Å²) in [4.78, 5) is 30.1. The van der Waals surface area contributed by atoms with Gasteiger partial charge in [-0.1, -0.05) is 48.5 Å². The van der Waals surface area contributed by atoms with E-state index in [2.05, 4.69) is 29.2 Å². The van der Waals surface area contributed by atoms with Gasteiger partial charge in [0.25, 0.3) is 5.91 Å². The van der Waals surface area contributed by atoms with Crippen molar-refractivity contribution in [2.45, 2.75) is 32.3 Å². The molecule has 0 saturated carbocycles. The van der Waals surface area contributed by atoms with Gasteiger partial charge in [0.15, 0.2) is 6.10 Å². The Labute approximate surface area is 170 Å². The van der Waals surface area contributed by atoms with Gasteiger partial charge in [-0.15, -0.1) is 0 Å². The Bertz CT molecular complexity index is 955. The molecule has 0 radical (unpaired) electrons. The number of piperidine rings is 1. The molecule has 1 fully saturated rings. The zero-order valence-electron chi connectivity index (χ0n) is 16.6. The minimum absolute atomic E-state index is 0.118. The average molecular weight is 390 g/mol. The van der Waals surface area contributed by atoms with Crippen molar-refractivity contribution in [3.8, 4) is 0 Å². The maximum absolute atomic E-state index is 12.7. The Morgan fingerprint density at radius 3 is 2.48 bits per heavy atom. The molecule has 1 aromatic heterocycles. The van der Waals surface area contributed by atoms with Crippen molar-refractivity contribution in [1.82, 2.24) is 9.88 Å². The van der Waals surface area contributed by atoms with Crippen LogP contribution in [0, 0.1) is 5.92 Å². The molecule has 4 rings (SSSR count). The van der Waals surface area contributed by atoms with E-state index in [4.69, 9.17) is 4.74 Å². The molecule has 1 aliphatic rings. The molecule has 3 aromatic rings. The number of amides is 1. The van der Waals surface area contributed by atoms with Crippen molar-refractivity contribution in [3.05, 3.63) is 71.9 Å². The number of aromatic amines is 1. The summed E-state index contributed by atoms with van der Waals surface area (Å²) < 4.78 is 5.44. The highest BCUT2D eigenvalue weighted by Gasteiger charge is 2.28. The lowest BCUT2D eigenvalue weighted by Crippen LogP contribution is -2.44. The van der Waals surface area contributed by atoms with Crippen molar-refractivity contribution in [2.75, 3.05) is 13.1 Å². The largest absolute Gasteiger partial charge is 0.448 e. The Hall–Kier alpha value is -3.08. The number of H-pyrrole nitrogens is 1. The van der Waals surface area contributed by atoms with Crippen LogP contribution < -0.4 is 0 Å². The van der Waals surface area contributed by atoms with E-state index >= 15 is 0 Å². The van der Waals surface area contributed by atoms with Crippen LogP contribution in [0.2, 0.25) is 0 Å². The summed E-state index contributed by atoms with van der Waals surface area (Å²) in [5.74, 6) is -0.0284. The fourth-order valence-corrected chi connectivity index (χ4v) is 4.02. The number of para-hydroxylation sites is 1. The summed E-state index contributed by atoms with van der Waals surface area (Å²) in [6.45, 7) is 3.08. The Morgan fingerprint density at radius 2 is 1.76 bits per heavy atom. The summed E-state index contributed by atoms with van der Waals surface area (Å²) in [6, 6.07) is 19.9. The average Bonchev–Trinajstić information content (AvgIpc) is 3.19. The van der Waals surface area contributed by atoms with Gasteiger partial charge in [0.2, 0.25) is 0 Å². The molecule has 5 heteroatoms. The van der Waals surface area contributed by atoms with Gasteiger partial charge in [0, 0.05) is 24.0 Å². The fourth-order valence-electron chi connectivity index (χ4n) is 4.02. The van der Waals surface area contributed by atoms with E-state index in [-0.39, 0.29) is 5.91 Å². The molecule has 2 aromatic carbocycles. The third-order valence-electron chi connectivity index (χ3n) is 5.67. The maximum atomic E-state index is 12.7. The molecular weight excluding hydrogens is 364 g/mol. The van der Waals surface area contributed by atoms with E-state index in [9.17, 15) is 9.59 Å². The normalized spacial score (nSPS) is 16.0. The minimum atomic E-state index is -0.792. The number of nitrogens with one attached hydrogen (secondary N) is 1. The molecule has 1 N–H and O–H groups in total. The topological polar surface area (TPSA) is 62.4 Å². The van der Waals surface area contributed by atoms with Crippen LogP contribution >= 0.6 is 0 Å². The lowest BCUT2D eigenvalue weighted by Gasteiger charge is -2.33. The zero-order chi connectivity index (χ0) is 20.2. The van der Waals surface area contributed by atoms with Gasteiger partial charge in [0.1, 0.15) is 5.69 Å². The molecular formula is C24H26N2O3. The highest BCUT2D eigenvalue weighted by atomic mass is 16.5. The standard InChI is InChI=1S/C24H26N2O3/c1-17(29-24(28)22-16-20-9-5-6-10-21(20)25-22)23(27)26-13-11-19(12-14-26)15-18-7-3-2-4-8-18/h2-10,16-17,19,25H,11-15H2,1H3/t17-/m1/s1. The van der Waals surface area contributed by atoms with Crippen molar-refractivity contribution >= 4 is 22.8 Å². The van der Waals surface area contributed by atoms with Crippen LogP contribution in [0.25, 0.3) is 10.9 Å². The molecule has 1 amide bonds. The first-order chi connectivity index (χ1) is 14.1. The Balaban J connectivity index is 1.29. The first kappa shape index (κ1) is 19.2. The van der Waals surface area contributed by atoms with Gasteiger partial charge in [0.05, 0.1) is 0 Å². The summed E-state index contributed by atoms with van der Waals surface area (Å²) in [6.07, 6.45) is 2.21. The molecule has 0 aliphatic carbocycles. The smallest absolute Gasteiger partial charge is 0.355 e. The summed E-state index contributed by atoms with van der Waals surface area (Å²) in [5.41, 5.74) is 2.59. The highest BCUT2D eigenvalue weighted by molar-refractivity contribution is 5.96. The lowest BCUT2D eigenvalue weighted by atomic mass is 9.90. The van der Waals surface area contributed by atoms with E-state index in [1.165, 1.54) is 5.56 Å². The fraction of sp³-hybridized carbons (Fsp3) is 0.333. The third-order valence-corrected chi connectivity index (χ3v) is 5.67. The second-order valence-corrected chi connectivity index (χ2v) is 7.78. The van der Waals surface area contributed by atoms with Crippen molar-refractivity contribution in [1.29, 1.82) is 0 Å². The molecule has 1 aliphatic heterocycles. The van der Waals surface area contributed by atoms with E-state index in [0.29, 0.717) is 24.7 Å². The number of carbonyl (C=O) groups excluding carboxylic acids is 2. The number of fused-ring (bicyclic) bond motifs is 1. The molecule has 0 bridgehead atoms. The first-order valence-corrected chi connectivity index (χ1v) is 10.2. The summed E-state index contributed by atoms with van der Waals surface area (Å²) >= 11 is 0. The number of carbonyl (C=O) groups is 2. The number of esters is 1. The van der Waals surface area contributed by atoms with Gasteiger partial charge in [-0.2, -0.15) is 0 Å². The molecule has 29 heavy (non-hydrogen) atoms. The summed E-state index contributed by atoms with van der Waals surface area (Å²) in [7, 11) is 0. The number of hydrogen-bond acceptors (Lipinski definition) is 3. The third kappa shape index (κ3) is 4.50. The molecule has 5 nitrogen and oxygen atoms in total. The van der Waals surface area contributed by atoms with Crippen LogP contribution in [-0.4, -0.2) is 41.0 Å². The first-order valence-electron chi connectivity index (χ1n) is 10.2. The van der Waals surface area contributed by atoms with Gasteiger partial charge in [-0.05, 0) is 49.8 Å². The highest BCUT2D eigenvalue weighted by Crippen LogP contribution is 2.23. The quantitative estimate of drug-likeness (QED) is 0.665. The van der Waals surface area contributed by atoms with Crippen LogP contribution in [-0.2, 0) is 16.0 Å². The van der Waals surface area contributed by atoms with Gasteiger partial charge >= 0.3 is 5.97 Å². The van der Waals surface area contributed by atoms with Crippen LogP contribution in [0.3, 0.4) is 0 Å². The SMILES string of the molecule is C[C@@H](OC(=O)c1cc2ccccc2[nH]1)C(=O)N1CCC(Cc2ccccc2)CC1. The molecule has 1 atom stereocenters. The van der Waals surface area contributed by atoms with E-state index in [0.717, 1.165) is 30.2 Å². The van der Waals surface area contributed by atoms with E-state index in [1.807, 2.05) is 35.2 Å². The summed E-state index contributed by atoms with van der Waals surface area (Å²) in [5, 5.41) is 0.943. The second-order valence-electron chi connectivity index (χ2n) is 7.78. The number of aromatic nitrogens is 1. The zero-order valence-corrected chi connectivity index (χ0v) is 16.6. The van der Waals surface area contributed by atoms with Crippen LogP contribution in [0.4, 0.5) is 0 Å². The predicted molar refractivity (Wildman–Crippen MR) is 113 cm³/mol. The van der Waals surface area contributed by atoms with Crippen LogP contribution in [0.5, 0.6) is 0 Å². The number of likely N-dealkylation sites (tertiary alicyclic amines) is 1. The molecule has 0 unspecified atom stereocenters. The van der Waals surface area contributed by atoms with Crippen molar-refractivity contribution < 1.29 is 14.3 Å². The van der Waals surface area contributed by atoms with Gasteiger partial charge < -0.3 is 14.6 Å². The van der Waals surface area contributed by atoms with Crippen molar-refractivity contribution in [3.63, 3.8) is 0 Å². The van der Waals surface area contributed by atoms with Gasteiger partial charge in [-0.3, -0.25) is 4.79 Å². The molecule has 2 heterocycles. The van der Waals surface area contributed by atoms with Gasteiger partial charge in [-0.25, -0.2) is 4.79 Å². The van der Waals surface area contributed by atoms with E-state index < -0.39 is 12.1 Å². The van der Waals surface area contributed by atoms with Crippen molar-refractivity contribution in [2.24, 2.45) is 5.92 Å². The number of ether oxygens (including phenoxy) is 1. The second kappa shape index (κ2) is 8.52. The number of nitrogens with zero attached hydrogens (tertiary/aromatic N) is 1. The minimum Gasteiger partial charge on any atom is -0.448 e. The Morgan fingerprint density at radius 1 is 1.07 bits per heavy atom. The predicted octanol–water partition coefficient (Wildman–Crippen LogP) is 4.19. The molecule has 150 valence electrons. The monoisotopic (exact) mass is 390 g/mol. The van der Waals surface area contributed by atoms with Crippen LogP contribution in [0.15, 0.2) is 60.7 Å². The number of hydrogen-bond donors (Lipinski definition) is 1. The molecule has 0 spiro atoms. The van der Waals surface area contributed by atoms with Crippen LogP contribution in [0.1, 0.15) is 35.8 Å². The van der Waals surface area contributed by atoms with E-state index in [1.54, 1.807) is 13.0 Å². The number of rotatable bonds is 5. The molecule has 1 saturated heterocycles.